The second-order valence-electron chi connectivity index (χ2n) is 7.97. The van der Waals surface area contributed by atoms with Gasteiger partial charge >= 0.3 is 46.8 Å². The fourth-order valence-electron chi connectivity index (χ4n) is 3.57. The second kappa shape index (κ2) is 25.4. The van der Waals surface area contributed by atoms with E-state index in [1.807, 2.05) is 20.8 Å². The van der Waals surface area contributed by atoms with Crippen molar-refractivity contribution in [3.8, 4) is 0 Å². The Labute approximate surface area is 224 Å². The third kappa shape index (κ3) is 21.1. The zero-order valence-electron chi connectivity index (χ0n) is 20.5. The molecule has 184 valence electrons. The summed E-state index contributed by atoms with van der Waals surface area (Å²) >= 11 is 0. The molecule has 0 N–H and O–H groups in total. The molecule has 0 bridgehead atoms. The van der Waals surface area contributed by atoms with Crippen molar-refractivity contribution in [1.82, 2.24) is 0 Å². The average molecular weight is 489 g/mol. The number of carbonyl (C=O) groups excluding carboxylic acids is 1. The minimum absolute atomic E-state index is 0. The van der Waals surface area contributed by atoms with E-state index in [0.29, 0.717) is 26.2 Å². The van der Waals surface area contributed by atoms with Gasteiger partial charge in [0.1, 0.15) is 0 Å². The van der Waals surface area contributed by atoms with E-state index >= 15 is 0 Å². The minimum atomic E-state index is -3.32. The molecule has 0 amide bonds. The Morgan fingerprint density at radius 2 is 0.871 bits per heavy atom. The first-order valence-electron chi connectivity index (χ1n) is 12.8. The molecule has 0 radical (unpaired) electrons. The van der Waals surface area contributed by atoms with Gasteiger partial charge in [-0.05, 0) is 27.2 Å². The quantitative estimate of drug-likeness (QED) is 0.123. The molecule has 0 heterocycles. The Kier molecular flexibility index (Phi) is 27.9. The third-order valence-electron chi connectivity index (χ3n) is 5.19. The molecule has 0 saturated carbocycles. The van der Waals surface area contributed by atoms with Crippen molar-refractivity contribution in [3.63, 3.8) is 0 Å². The molecule has 0 fully saturated rings. The van der Waals surface area contributed by atoms with Crippen LogP contribution in [0.3, 0.4) is 0 Å². The van der Waals surface area contributed by atoms with Crippen LogP contribution in [0.5, 0.6) is 0 Å². The molecule has 0 rings (SSSR count). The molecule has 0 aromatic carbocycles. The Morgan fingerprint density at radius 3 is 1.19 bits per heavy atom. The van der Waals surface area contributed by atoms with Crippen molar-refractivity contribution in [1.29, 1.82) is 0 Å². The summed E-state index contributed by atoms with van der Waals surface area (Å²) in [6.45, 7) is 9.03. The molecule has 0 aliphatic rings. The Balaban J connectivity index is 0. The van der Waals surface area contributed by atoms with Gasteiger partial charge in [-0.2, -0.15) is 0 Å². The van der Waals surface area contributed by atoms with Crippen LogP contribution >= 0.6 is 0 Å². The summed E-state index contributed by atoms with van der Waals surface area (Å²) in [6.07, 6.45) is 20.0. The zero-order chi connectivity index (χ0) is 22.3. The van der Waals surface area contributed by atoms with Crippen LogP contribution in [0.2, 0.25) is 0 Å². The summed E-state index contributed by atoms with van der Waals surface area (Å²) in [4.78, 5) is 12.2. The SMILES string of the molecule is CCCCCCCCCCCCCCCCCC(=O)O[Si](OCC)(OCC)OCC.[CaH2]. The maximum atomic E-state index is 12.2. The molecule has 31 heavy (non-hydrogen) atoms. The van der Waals surface area contributed by atoms with Crippen molar-refractivity contribution in [2.24, 2.45) is 0 Å². The van der Waals surface area contributed by atoms with Crippen molar-refractivity contribution in [3.05, 3.63) is 0 Å². The number of rotatable bonds is 23. The van der Waals surface area contributed by atoms with E-state index in [-0.39, 0.29) is 43.7 Å². The summed E-state index contributed by atoms with van der Waals surface area (Å²) < 4.78 is 22.2. The van der Waals surface area contributed by atoms with E-state index in [4.69, 9.17) is 17.7 Å². The van der Waals surface area contributed by atoms with Crippen LogP contribution in [0, 0.1) is 0 Å². The molecule has 0 unspecified atom stereocenters. The molecule has 0 aromatic rings. The fourth-order valence-corrected chi connectivity index (χ4v) is 5.44. The van der Waals surface area contributed by atoms with Crippen LogP contribution in [0.1, 0.15) is 130 Å². The number of carbonyl (C=O) groups is 1. The molecule has 0 aliphatic carbocycles. The summed E-state index contributed by atoms with van der Waals surface area (Å²) in [5.74, 6) is -0.272. The van der Waals surface area contributed by atoms with Crippen LogP contribution in [0.4, 0.5) is 0 Å². The van der Waals surface area contributed by atoms with Gasteiger partial charge in [0.25, 0.3) is 5.97 Å². The van der Waals surface area contributed by atoms with E-state index < -0.39 is 9.05 Å². The van der Waals surface area contributed by atoms with Gasteiger partial charge in [-0.1, -0.05) is 96.8 Å². The second-order valence-corrected chi connectivity index (χ2v) is 10.0. The van der Waals surface area contributed by atoms with E-state index in [1.165, 1.54) is 83.5 Å². The van der Waals surface area contributed by atoms with Gasteiger partial charge in [0.15, 0.2) is 0 Å². The van der Waals surface area contributed by atoms with Crippen molar-refractivity contribution < 1.29 is 22.5 Å². The number of unbranched alkanes of at least 4 members (excludes halogenated alkanes) is 14. The molecule has 0 atom stereocenters. The summed E-state index contributed by atoms with van der Waals surface area (Å²) in [6, 6.07) is 0. The Hall–Kier alpha value is 0.827. The molecular weight excluding hydrogens is 436 g/mol. The van der Waals surface area contributed by atoms with Gasteiger partial charge < -0.3 is 17.7 Å². The number of hydrogen-bond donors (Lipinski definition) is 0. The monoisotopic (exact) mass is 488 g/mol. The summed E-state index contributed by atoms with van der Waals surface area (Å²) in [5.41, 5.74) is 0. The van der Waals surface area contributed by atoms with Crippen molar-refractivity contribution in [2.45, 2.75) is 130 Å². The van der Waals surface area contributed by atoms with Gasteiger partial charge in [0, 0.05) is 26.2 Å². The maximum absolute atomic E-state index is 12.2. The zero-order valence-corrected chi connectivity index (χ0v) is 21.5. The van der Waals surface area contributed by atoms with Gasteiger partial charge in [0.05, 0.1) is 0 Å². The summed E-state index contributed by atoms with van der Waals surface area (Å²) in [7, 11) is -3.32. The van der Waals surface area contributed by atoms with E-state index in [2.05, 4.69) is 6.92 Å². The fraction of sp³-hybridized carbons (Fsp3) is 0.958. The first-order valence-corrected chi connectivity index (χ1v) is 14.4. The van der Waals surface area contributed by atoms with Crippen LogP contribution in [-0.2, 0) is 22.5 Å². The average Bonchev–Trinajstić information content (AvgIpc) is 2.71. The topological polar surface area (TPSA) is 54.0 Å². The molecule has 0 aromatic heterocycles. The van der Waals surface area contributed by atoms with Crippen LogP contribution in [-0.4, -0.2) is 72.6 Å². The normalized spacial score (nSPS) is 11.4. The van der Waals surface area contributed by atoms with Crippen molar-refractivity contribution in [2.75, 3.05) is 19.8 Å². The standard InChI is InChI=1S/C24H50O5Si.Ca.2H/c1-5-9-10-11-12-13-14-15-16-17-18-19-20-21-22-23-24(25)29-30(26-6-2,27-7-3)28-8-4;;;/h5-23H2,1-4H3;;;. The first-order chi connectivity index (χ1) is 14.6. The van der Waals surface area contributed by atoms with Crippen LogP contribution < -0.4 is 0 Å². The van der Waals surface area contributed by atoms with Crippen LogP contribution in [0.15, 0.2) is 0 Å². The van der Waals surface area contributed by atoms with Gasteiger partial charge in [-0.15, -0.1) is 0 Å². The molecule has 0 aliphatic heterocycles. The molecular formula is C24H52CaO5Si. The van der Waals surface area contributed by atoms with E-state index in [1.54, 1.807) is 0 Å². The third-order valence-corrected chi connectivity index (χ3v) is 7.59. The Morgan fingerprint density at radius 1 is 0.548 bits per heavy atom. The molecule has 5 nitrogen and oxygen atoms in total. The van der Waals surface area contributed by atoms with Crippen molar-refractivity contribution >= 4 is 52.8 Å². The molecule has 0 spiro atoms. The van der Waals surface area contributed by atoms with E-state index in [0.717, 1.165) is 12.8 Å². The first kappa shape index (κ1) is 34.0. The summed E-state index contributed by atoms with van der Waals surface area (Å²) in [5, 5.41) is 0. The van der Waals surface area contributed by atoms with Gasteiger partial charge in [-0.25, -0.2) is 0 Å². The van der Waals surface area contributed by atoms with Crippen LogP contribution in [0.25, 0.3) is 0 Å². The van der Waals surface area contributed by atoms with Gasteiger partial charge in [0.2, 0.25) is 0 Å². The number of hydrogen-bond acceptors (Lipinski definition) is 5. The molecule has 0 saturated heterocycles. The predicted molar refractivity (Wildman–Crippen MR) is 135 cm³/mol. The Bertz CT molecular complexity index is 368. The molecule has 7 heteroatoms. The van der Waals surface area contributed by atoms with E-state index in [9.17, 15) is 4.79 Å². The predicted octanol–water partition coefficient (Wildman–Crippen LogP) is 6.42. The van der Waals surface area contributed by atoms with Gasteiger partial charge in [-0.3, -0.25) is 4.79 Å².